The van der Waals surface area contributed by atoms with E-state index in [2.05, 4.69) is 10.3 Å². The van der Waals surface area contributed by atoms with Crippen molar-refractivity contribution in [2.24, 2.45) is 5.92 Å². The summed E-state index contributed by atoms with van der Waals surface area (Å²) in [6, 6.07) is 6.53. The van der Waals surface area contributed by atoms with Gasteiger partial charge in [0.05, 0.1) is 22.9 Å². The Kier molecular flexibility index (Phi) is 7.30. The Morgan fingerprint density at radius 3 is 2.61 bits per heavy atom. The fourth-order valence-electron chi connectivity index (χ4n) is 3.47. The van der Waals surface area contributed by atoms with E-state index in [1.807, 2.05) is 36.9 Å². The summed E-state index contributed by atoms with van der Waals surface area (Å²) in [5, 5.41) is 2.91. The Balaban J connectivity index is 1.62. The number of anilines is 2. The van der Waals surface area contributed by atoms with E-state index in [9.17, 15) is 18.0 Å². The summed E-state index contributed by atoms with van der Waals surface area (Å²) >= 11 is 6.05. The summed E-state index contributed by atoms with van der Waals surface area (Å²) in [5.41, 5.74) is 0.798. The third-order valence-corrected chi connectivity index (χ3v) is 5.45. The van der Waals surface area contributed by atoms with Gasteiger partial charge in [0.1, 0.15) is 11.6 Å². The van der Waals surface area contributed by atoms with Crippen LogP contribution in [0.25, 0.3) is 0 Å². The van der Waals surface area contributed by atoms with Crippen LogP contribution in [0.4, 0.5) is 24.7 Å². The number of benzene rings is 1. The van der Waals surface area contributed by atoms with Gasteiger partial charge in [-0.25, -0.2) is 4.98 Å². The Hall–Kier alpha value is -2.48. The van der Waals surface area contributed by atoms with Crippen molar-refractivity contribution >= 4 is 29.0 Å². The van der Waals surface area contributed by atoms with Crippen LogP contribution >= 0.6 is 11.6 Å². The molecular weight excluding hydrogens is 431 g/mol. The first kappa shape index (κ1) is 23.2. The van der Waals surface area contributed by atoms with Crippen LogP contribution in [0.1, 0.15) is 37.3 Å². The number of pyridine rings is 1. The highest BCUT2D eigenvalue weighted by Gasteiger charge is 2.33. The minimum absolute atomic E-state index is 0.0462. The maximum absolute atomic E-state index is 12.8. The molecule has 1 aromatic carbocycles. The number of halogens is 4. The molecule has 1 saturated heterocycles. The second kappa shape index (κ2) is 9.77. The van der Waals surface area contributed by atoms with Crippen molar-refractivity contribution in [2.45, 2.75) is 39.3 Å². The van der Waals surface area contributed by atoms with Gasteiger partial charge in [-0.2, -0.15) is 13.2 Å². The van der Waals surface area contributed by atoms with E-state index < -0.39 is 11.7 Å². The average Bonchev–Trinajstić information content (AvgIpc) is 2.73. The lowest BCUT2D eigenvalue weighted by Crippen LogP contribution is -2.38. The number of alkyl halides is 3. The van der Waals surface area contributed by atoms with Crippen LogP contribution in [-0.4, -0.2) is 30.6 Å². The minimum atomic E-state index is -4.49. The maximum Gasteiger partial charge on any atom is 0.417 e. The molecule has 1 amide bonds. The summed E-state index contributed by atoms with van der Waals surface area (Å²) in [6.45, 7) is 5.48. The molecule has 2 aromatic rings. The summed E-state index contributed by atoms with van der Waals surface area (Å²) in [6.07, 6.45) is -1.75. The molecule has 1 aliphatic heterocycles. The zero-order valence-electron chi connectivity index (χ0n) is 17.4. The average molecular weight is 456 g/mol. The van der Waals surface area contributed by atoms with Crippen molar-refractivity contribution in [1.29, 1.82) is 0 Å². The SMILES string of the molecule is CCCOc1cc(C)ccc1NC(=O)C1CCN(c2ncc(C(F)(F)F)cc2Cl)CC1. The molecule has 5 nitrogen and oxygen atoms in total. The quantitative estimate of drug-likeness (QED) is 0.606. The number of piperidine rings is 1. The first-order chi connectivity index (χ1) is 14.7. The van der Waals surface area contributed by atoms with Gasteiger partial charge in [0, 0.05) is 25.2 Å². The minimum Gasteiger partial charge on any atom is -0.491 e. The summed E-state index contributed by atoms with van der Waals surface area (Å²) in [5.74, 6) is 0.636. The van der Waals surface area contributed by atoms with Gasteiger partial charge in [-0.05, 0) is 49.9 Å². The number of aromatic nitrogens is 1. The predicted molar refractivity (Wildman–Crippen MR) is 115 cm³/mol. The highest BCUT2D eigenvalue weighted by atomic mass is 35.5. The van der Waals surface area contributed by atoms with Crippen molar-refractivity contribution in [3.05, 3.63) is 46.6 Å². The first-order valence-corrected chi connectivity index (χ1v) is 10.6. The van der Waals surface area contributed by atoms with Gasteiger partial charge in [-0.1, -0.05) is 24.6 Å². The van der Waals surface area contributed by atoms with Crippen LogP contribution in [0.15, 0.2) is 30.5 Å². The molecule has 0 radical (unpaired) electrons. The molecule has 1 fully saturated rings. The number of carbonyl (C=O) groups excluding carboxylic acids is 1. The topological polar surface area (TPSA) is 54.5 Å². The van der Waals surface area contributed by atoms with Crippen molar-refractivity contribution in [2.75, 3.05) is 29.9 Å². The van der Waals surface area contributed by atoms with Crippen molar-refractivity contribution in [3.63, 3.8) is 0 Å². The van der Waals surface area contributed by atoms with Crippen molar-refractivity contribution in [1.82, 2.24) is 4.98 Å². The number of nitrogens with one attached hydrogen (secondary N) is 1. The number of carbonyl (C=O) groups is 1. The number of nitrogens with zero attached hydrogens (tertiary/aromatic N) is 2. The molecule has 0 bridgehead atoms. The molecule has 0 aliphatic carbocycles. The van der Waals surface area contributed by atoms with E-state index in [0.717, 1.165) is 24.2 Å². The van der Waals surface area contributed by atoms with Crippen LogP contribution < -0.4 is 15.0 Å². The number of ether oxygens (including phenoxy) is 1. The monoisotopic (exact) mass is 455 g/mol. The van der Waals surface area contributed by atoms with Gasteiger partial charge in [0.15, 0.2) is 0 Å². The number of amides is 1. The molecule has 168 valence electrons. The summed E-state index contributed by atoms with van der Waals surface area (Å²) in [4.78, 5) is 18.5. The molecule has 3 rings (SSSR count). The summed E-state index contributed by atoms with van der Waals surface area (Å²) in [7, 11) is 0. The molecule has 31 heavy (non-hydrogen) atoms. The molecule has 1 aromatic heterocycles. The lowest BCUT2D eigenvalue weighted by molar-refractivity contribution is -0.137. The lowest BCUT2D eigenvalue weighted by Gasteiger charge is -2.32. The van der Waals surface area contributed by atoms with E-state index in [4.69, 9.17) is 16.3 Å². The second-order valence-electron chi connectivity index (χ2n) is 7.63. The molecule has 1 N–H and O–H groups in total. The van der Waals surface area contributed by atoms with Crippen molar-refractivity contribution < 1.29 is 22.7 Å². The van der Waals surface area contributed by atoms with Crippen LogP contribution in [0.2, 0.25) is 5.02 Å². The molecule has 0 atom stereocenters. The first-order valence-electron chi connectivity index (χ1n) is 10.2. The van der Waals surface area contributed by atoms with Gasteiger partial charge in [0.2, 0.25) is 5.91 Å². The number of hydrogen-bond donors (Lipinski definition) is 1. The van der Waals surface area contributed by atoms with Crippen LogP contribution in [0.5, 0.6) is 5.75 Å². The van der Waals surface area contributed by atoms with E-state index in [0.29, 0.717) is 49.8 Å². The number of hydrogen-bond acceptors (Lipinski definition) is 4. The van der Waals surface area contributed by atoms with E-state index >= 15 is 0 Å². The highest BCUT2D eigenvalue weighted by molar-refractivity contribution is 6.33. The molecule has 9 heteroatoms. The second-order valence-corrected chi connectivity index (χ2v) is 8.03. The van der Waals surface area contributed by atoms with Gasteiger partial charge in [0.25, 0.3) is 0 Å². The number of rotatable bonds is 6. The van der Waals surface area contributed by atoms with Gasteiger partial charge < -0.3 is 15.0 Å². The van der Waals surface area contributed by atoms with E-state index in [-0.39, 0.29) is 16.8 Å². The molecule has 0 saturated carbocycles. The molecular formula is C22H25ClF3N3O2. The Morgan fingerprint density at radius 1 is 1.29 bits per heavy atom. The lowest BCUT2D eigenvalue weighted by atomic mass is 9.95. The largest absolute Gasteiger partial charge is 0.491 e. The zero-order valence-corrected chi connectivity index (χ0v) is 18.2. The Labute approximate surface area is 184 Å². The third-order valence-electron chi connectivity index (χ3n) is 5.17. The van der Waals surface area contributed by atoms with E-state index in [1.54, 1.807) is 0 Å². The molecule has 1 aliphatic rings. The molecule has 2 heterocycles. The Bertz CT molecular complexity index is 929. The molecule has 0 unspecified atom stereocenters. The van der Waals surface area contributed by atoms with Gasteiger partial charge in [-0.15, -0.1) is 0 Å². The predicted octanol–water partition coefficient (Wildman–Crippen LogP) is 5.71. The highest BCUT2D eigenvalue weighted by Crippen LogP contribution is 2.35. The number of aryl methyl sites for hydroxylation is 1. The zero-order chi connectivity index (χ0) is 22.6. The Morgan fingerprint density at radius 2 is 2.00 bits per heavy atom. The smallest absolute Gasteiger partial charge is 0.417 e. The van der Waals surface area contributed by atoms with Crippen LogP contribution in [0.3, 0.4) is 0 Å². The standard InChI is InChI=1S/C22H25ClF3N3O2/c1-3-10-31-19-11-14(2)4-5-18(19)28-21(30)15-6-8-29(9-7-15)20-17(23)12-16(13-27-20)22(24,25)26/h4-5,11-13,15H,3,6-10H2,1-2H3,(H,28,30). The van der Waals surface area contributed by atoms with Crippen molar-refractivity contribution in [3.8, 4) is 5.75 Å². The van der Waals surface area contributed by atoms with Crippen LogP contribution in [0, 0.1) is 12.8 Å². The fraction of sp³-hybridized carbons (Fsp3) is 0.455. The maximum atomic E-state index is 12.8. The normalized spacial score (nSPS) is 15.1. The molecule has 0 spiro atoms. The van der Waals surface area contributed by atoms with Gasteiger partial charge >= 0.3 is 6.18 Å². The fourth-order valence-corrected chi connectivity index (χ4v) is 3.76. The van der Waals surface area contributed by atoms with Gasteiger partial charge in [-0.3, -0.25) is 4.79 Å². The van der Waals surface area contributed by atoms with Crippen LogP contribution in [-0.2, 0) is 11.0 Å². The van der Waals surface area contributed by atoms with E-state index in [1.165, 1.54) is 0 Å². The third kappa shape index (κ3) is 5.81. The summed E-state index contributed by atoms with van der Waals surface area (Å²) < 4.78 is 44.2.